The summed E-state index contributed by atoms with van der Waals surface area (Å²) in [6.45, 7) is 3.05. The van der Waals surface area contributed by atoms with E-state index in [1.807, 2.05) is 30.3 Å². The lowest BCUT2D eigenvalue weighted by Gasteiger charge is -2.16. The van der Waals surface area contributed by atoms with Crippen molar-refractivity contribution in [3.63, 3.8) is 0 Å². The molecule has 1 N–H and O–H groups in total. The molecule has 10 nitrogen and oxygen atoms in total. The van der Waals surface area contributed by atoms with Gasteiger partial charge >= 0.3 is 5.97 Å². The Hall–Kier alpha value is -2.94. The normalized spacial score (nSPS) is 11.2. The number of ketones is 1. The second-order valence-corrected chi connectivity index (χ2v) is 6.35. The minimum Gasteiger partial charge on any atom is -0.461 e. The number of carbonyl (C=O) groups excluding carboxylic acids is 3. The van der Waals surface area contributed by atoms with Crippen molar-refractivity contribution in [2.75, 3.05) is 33.0 Å². The van der Waals surface area contributed by atoms with Gasteiger partial charge in [-0.3, -0.25) is 14.4 Å². The van der Waals surface area contributed by atoms with E-state index < -0.39 is 17.9 Å². The second-order valence-electron chi connectivity index (χ2n) is 6.35. The summed E-state index contributed by atoms with van der Waals surface area (Å²) < 4.78 is 15.7. The molecular formula is C20H28N4O6. The summed E-state index contributed by atoms with van der Waals surface area (Å²) in [6.07, 6.45) is 0.395. The van der Waals surface area contributed by atoms with E-state index in [1.54, 1.807) is 0 Å². The lowest BCUT2D eigenvalue weighted by molar-refractivity contribution is -0.147. The van der Waals surface area contributed by atoms with Gasteiger partial charge in [-0.25, -0.2) is 0 Å². The number of hydrogen-bond acceptors (Lipinski definition) is 7. The highest BCUT2D eigenvalue weighted by Crippen LogP contribution is 2.06. The molecule has 30 heavy (non-hydrogen) atoms. The minimum atomic E-state index is -0.921. The predicted octanol–water partition coefficient (Wildman–Crippen LogP) is 2.32. The van der Waals surface area contributed by atoms with E-state index >= 15 is 0 Å². The van der Waals surface area contributed by atoms with Crippen molar-refractivity contribution in [3.8, 4) is 0 Å². The van der Waals surface area contributed by atoms with E-state index in [4.69, 9.17) is 19.7 Å². The summed E-state index contributed by atoms with van der Waals surface area (Å²) in [7, 11) is 0. The SMILES string of the molecule is CC(=O)N[C@@H](CC(=O)OCc1ccccc1)C(=O)CCCOCCOCCN=[N+]=[N-]. The van der Waals surface area contributed by atoms with Crippen LogP contribution in [0.1, 0.15) is 31.7 Å². The maximum atomic E-state index is 12.4. The average Bonchev–Trinajstić information content (AvgIpc) is 2.73. The molecule has 0 bridgehead atoms. The van der Waals surface area contributed by atoms with Crippen LogP contribution in [0.15, 0.2) is 35.4 Å². The molecule has 0 heterocycles. The van der Waals surface area contributed by atoms with Crippen LogP contribution in [0.25, 0.3) is 10.4 Å². The van der Waals surface area contributed by atoms with Gasteiger partial charge in [-0.1, -0.05) is 35.4 Å². The Morgan fingerprint density at radius 3 is 2.47 bits per heavy atom. The van der Waals surface area contributed by atoms with Gasteiger partial charge in [0.2, 0.25) is 5.91 Å². The van der Waals surface area contributed by atoms with Crippen LogP contribution in [0.5, 0.6) is 0 Å². The van der Waals surface area contributed by atoms with Gasteiger partial charge in [0.15, 0.2) is 5.78 Å². The second kappa shape index (κ2) is 15.9. The highest BCUT2D eigenvalue weighted by Gasteiger charge is 2.23. The monoisotopic (exact) mass is 420 g/mol. The van der Waals surface area contributed by atoms with E-state index in [0.29, 0.717) is 32.8 Å². The van der Waals surface area contributed by atoms with Crippen LogP contribution >= 0.6 is 0 Å². The molecule has 0 unspecified atom stereocenters. The van der Waals surface area contributed by atoms with E-state index in [0.717, 1.165) is 5.56 Å². The zero-order chi connectivity index (χ0) is 22.0. The molecule has 0 radical (unpaired) electrons. The first-order chi connectivity index (χ1) is 14.5. The van der Waals surface area contributed by atoms with E-state index in [2.05, 4.69) is 15.3 Å². The number of ether oxygens (including phenoxy) is 3. The van der Waals surface area contributed by atoms with Crippen LogP contribution < -0.4 is 5.32 Å². The number of amides is 1. The van der Waals surface area contributed by atoms with Gasteiger partial charge < -0.3 is 19.5 Å². The number of nitrogens with zero attached hydrogens (tertiary/aromatic N) is 3. The Kier molecular flexibility index (Phi) is 13.3. The van der Waals surface area contributed by atoms with Gasteiger partial charge in [0.1, 0.15) is 6.61 Å². The molecular weight excluding hydrogens is 392 g/mol. The maximum absolute atomic E-state index is 12.4. The average molecular weight is 420 g/mol. The molecule has 0 aliphatic heterocycles. The zero-order valence-corrected chi connectivity index (χ0v) is 17.1. The van der Waals surface area contributed by atoms with Gasteiger partial charge in [-0.15, -0.1) is 0 Å². The number of Topliss-reactive ketones (excluding diaryl/α,β-unsaturated/α-hetero) is 1. The summed E-state index contributed by atoms with van der Waals surface area (Å²) in [5, 5.41) is 5.85. The van der Waals surface area contributed by atoms with Crippen molar-refractivity contribution in [2.24, 2.45) is 5.11 Å². The molecule has 164 valence electrons. The molecule has 1 amide bonds. The fourth-order valence-electron chi connectivity index (χ4n) is 2.45. The molecule has 0 aromatic heterocycles. The van der Waals surface area contributed by atoms with Crippen LogP contribution in [0.3, 0.4) is 0 Å². The number of nitrogens with one attached hydrogen (secondary N) is 1. The summed E-state index contributed by atoms with van der Waals surface area (Å²) in [6, 6.07) is 8.27. The summed E-state index contributed by atoms with van der Waals surface area (Å²) in [5.41, 5.74) is 8.96. The third-order valence-electron chi connectivity index (χ3n) is 3.86. The summed E-state index contributed by atoms with van der Waals surface area (Å²) in [4.78, 5) is 38.4. The molecule has 1 aromatic carbocycles. The largest absolute Gasteiger partial charge is 0.461 e. The molecule has 1 rings (SSSR count). The molecule has 0 saturated heterocycles. The number of benzene rings is 1. The topological polar surface area (TPSA) is 140 Å². The number of hydrogen-bond donors (Lipinski definition) is 1. The lowest BCUT2D eigenvalue weighted by atomic mass is 10.0. The smallest absolute Gasteiger partial charge is 0.308 e. The standard InChI is InChI=1S/C20H28N4O6/c1-16(25)23-18(14-20(27)30-15-17-6-3-2-4-7-17)19(26)8-5-10-28-12-13-29-11-9-22-24-21/h2-4,6-7,18H,5,8-15H2,1H3,(H,23,25)/t18-/m0/s1. The van der Waals surface area contributed by atoms with Crippen molar-refractivity contribution in [2.45, 2.75) is 38.8 Å². The number of esters is 1. The van der Waals surface area contributed by atoms with Crippen LogP contribution in [-0.2, 0) is 35.2 Å². The first-order valence-corrected chi connectivity index (χ1v) is 9.68. The highest BCUT2D eigenvalue weighted by atomic mass is 16.5. The Morgan fingerprint density at radius 1 is 1.10 bits per heavy atom. The van der Waals surface area contributed by atoms with Gasteiger partial charge in [0.05, 0.1) is 32.3 Å². The summed E-state index contributed by atoms with van der Waals surface area (Å²) in [5.74, 6) is -1.20. The lowest BCUT2D eigenvalue weighted by Crippen LogP contribution is -2.41. The van der Waals surface area contributed by atoms with E-state index in [1.165, 1.54) is 6.92 Å². The Morgan fingerprint density at radius 2 is 1.80 bits per heavy atom. The highest BCUT2D eigenvalue weighted by molar-refractivity contribution is 5.91. The molecule has 0 aliphatic carbocycles. The molecule has 1 atom stereocenters. The van der Waals surface area contributed by atoms with Gasteiger partial charge in [0.25, 0.3) is 0 Å². The summed E-state index contributed by atoms with van der Waals surface area (Å²) >= 11 is 0. The third kappa shape index (κ3) is 12.5. The van der Waals surface area contributed by atoms with Crippen molar-refractivity contribution in [3.05, 3.63) is 46.3 Å². The molecule has 10 heteroatoms. The minimum absolute atomic E-state index is 0.111. The zero-order valence-electron chi connectivity index (χ0n) is 17.1. The number of rotatable bonds is 16. The Balaban J connectivity index is 2.27. The Bertz CT molecular complexity index is 707. The third-order valence-corrected chi connectivity index (χ3v) is 3.86. The fourth-order valence-corrected chi connectivity index (χ4v) is 2.45. The van der Waals surface area contributed by atoms with Gasteiger partial charge in [0, 0.05) is 31.4 Å². The molecule has 0 fully saturated rings. The quantitative estimate of drug-likeness (QED) is 0.143. The van der Waals surface area contributed by atoms with Crippen molar-refractivity contribution >= 4 is 17.7 Å². The van der Waals surface area contributed by atoms with Crippen LogP contribution in [0, 0.1) is 0 Å². The van der Waals surface area contributed by atoms with Crippen LogP contribution in [0.4, 0.5) is 0 Å². The first kappa shape index (κ1) is 25.1. The predicted molar refractivity (Wildman–Crippen MR) is 108 cm³/mol. The number of carbonyl (C=O) groups is 3. The van der Waals surface area contributed by atoms with Crippen molar-refractivity contribution in [1.82, 2.24) is 5.32 Å². The number of azide groups is 1. The van der Waals surface area contributed by atoms with E-state index in [-0.39, 0.29) is 31.8 Å². The van der Waals surface area contributed by atoms with Gasteiger partial charge in [-0.05, 0) is 17.5 Å². The van der Waals surface area contributed by atoms with Gasteiger partial charge in [-0.2, -0.15) is 0 Å². The van der Waals surface area contributed by atoms with Crippen LogP contribution in [0.2, 0.25) is 0 Å². The molecule has 0 aliphatic rings. The molecule has 0 saturated carbocycles. The molecule has 1 aromatic rings. The van der Waals surface area contributed by atoms with E-state index in [9.17, 15) is 14.4 Å². The first-order valence-electron chi connectivity index (χ1n) is 9.68. The molecule has 0 spiro atoms. The van der Waals surface area contributed by atoms with Crippen molar-refractivity contribution < 1.29 is 28.6 Å². The van der Waals surface area contributed by atoms with Crippen molar-refractivity contribution in [1.29, 1.82) is 0 Å². The van der Waals surface area contributed by atoms with Crippen LogP contribution in [-0.4, -0.2) is 56.7 Å². The fraction of sp³-hybridized carbons (Fsp3) is 0.550. The Labute approximate surface area is 175 Å². The maximum Gasteiger partial charge on any atom is 0.308 e.